The predicted molar refractivity (Wildman–Crippen MR) is 130 cm³/mol. The van der Waals surface area contributed by atoms with Crippen LogP contribution in [0.5, 0.6) is 5.75 Å². The summed E-state index contributed by atoms with van der Waals surface area (Å²) in [6, 6.07) is 7.34. The van der Waals surface area contributed by atoms with Crippen LogP contribution in [0.3, 0.4) is 0 Å². The summed E-state index contributed by atoms with van der Waals surface area (Å²) in [5, 5.41) is 0.547. The van der Waals surface area contributed by atoms with Crippen LogP contribution in [0.1, 0.15) is 115 Å². The molecule has 0 bridgehead atoms. The molecule has 0 aliphatic heterocycles. The van der Waals surface area contributed by atoms with E-state index in [0.717, 1.165) is 24.8 Å². The van der Waals surface area contributed by atoms with Gasteiger partial charge in [-0.05, 0) is 24.5 Å². The molecule has 0 unspecified atom stereocenters. The molecule has 1 aromatic carbocycles. The van der Waals surface area contributed by atoms with E-state index in [1.54, 1.807) is 12.1 Å². The zero-order valence-corrected chi connectivity index (χ0v) is 20.3. The number of aryl methyl sites for hydroxylation is 1. The summed E-state index contributed by atoms with van der Waals surface area (Å²) in [6.07, 6.45) is 22.2. The van der Waals surface area contributed by atoms with E-state index in [4.69, 9.17) is 4.74 Å². The second-order valence-corrected chi connectivity index (χ2v) is 9.22. The molecule has 0 aliphatic rings. The predicted octanol–water partition coefficient (Wildman–Crippen LogP) is 7.08. The van der Waals surface area contributed by atoms with Crippen LogP contribution in [0.25, 0.3) is 0 Å². The van der Waals surface area contributed by atoms with Gasteiger partial charge in [-0.25, -0.2) is 4.79 Å². The molecule has 176 valence electrons. The molecule has 31 heavy (non-hydrogen) atoms. The fraction of sp³-hybridized carbons (Fsp3) is 0.692. The van der Waals surface area contributed by atoms with Gasteiger partial charge in [0.15, 0.2) is 0 Å². The molecular formula is C26H42O4S. The summed E-state index contributed by atoms with van der Waals surface area (Å²) in [5.74, 6) is -0.400. The van der Waals surface area contributed by atoms with Crippen LogP contribution in [-0.2, 0) is 21.5 Å². The smallest absolute Gasteiger partial charge is 0.351 e. The standard InChI is InChI=1S/C26H42O4S/c1-2-3-4-5-6-7-8-9-10-11-12-13-14-15-16-17-20-24-21-18-19-22-25(24)30-26(27)23-31(28)29/h18-19,21-23H,2-17,20H2,1H3. The van der Waals surface area contributed by atoms with Gasteiger partial charge in [0.2, 0.25) is 10.3 Å². The van der Waals surface area contributed by atoms with Crippen molar-refractivity contribution >= 4 is 21.6 Å². The highest BCUT2D eigenvalue weighted by molar-refractivity contribution is 7.73. The van der Waals surface area contributed by atoms with Crippen molar-refractivity contribution in [1.82, 2.24) is 0 Å². The molecule has 1 aromatic rings. The lowest BCUT2D eigenvalue weighted by Gasteiger charge is -2.08. The molecule has 0 amide bonds. The summed E-state index contributed by atoms with van der Waals surface area (Å²) in [7, 11) is -2.54. The number of hydrogen-bond acceptors (Lipinski definition) is 4. The first-order valence-electron chi connectivity index (χ1n) is 12.4. The highest BCUT2D eigenvalue weighted by Gasteiger charge is 2.07. The van der Waals surface area contributed by atoms with Gasteiger partial charge >= 0.3 is 5.97 Å². The van der Waals surface area contributed by atoms with Crippen LogP contribution in [0, 0.1) is 0 Å². The van der Waals surface area contributed by atoms with E-state index in [-0.39, 0.29) is 0 Å². The summed E-state index contributed by atoms with van der Waals surface area (Å²) >= 11 is 0. The van der Waals surface area contributed by atoms with Gasteiger partial charge in [0, 0.05) is 0 Å². The van der Waals surface area contributed by atoms with Gasteiger partial charge in [-0.2, -0.15) is 8.42 Å². The SMILES string of the molecule is CCCCCCCCCCCCCCCCCCc1ccccc1OC(=O)C=S(=O)=O. The summed E-state index contributed by atoms with van der Waals surface area (Å²) in [6.45, 7) is 2.27. The van der Waals surface area contributed by atoms with Crippen molar-refractivity contribution in [3.05, 3.63) is 29.8 Å². The Morgan fingerprint density at radius 2 is 1.19 bits per heavy atom. The molecule has 0 saturated heterocycles. The first kappa shape index (κ1) is 27.4. The molecule has 0 atom stereocenters. The Morgan fingerprint density at radius 3 is 1.68 bits per heavy atom. The molecule has 0 radical (unpaired) electrons. The van der Waals surface area contributed by atoms with Crippen molar-refractivity contribution in [2.45, 2.75) is 116 Å². The number of unbranched alkanes of at least 4 members (excludes halogenated alkanes) is 15. The number of para-hydroxylation sites is 1. The van der Waals surface area contributed by atoms with E-state index in [1.807, 2.05) is 12.1 Å². The Morgan fingerprint density at radius 1 is 0.742 bits per heavy atom. The lowest BCUT2D eigenvalue weighted by molar-refractivity contribution is -0.126. The fourth-order valence-corrected chi connectivity index (χ4v) is 4.09. The zero-order chi connectivity index (χ0) is 22.6. The third-order valence-corrected chi connectivity index (χ3v) is 6.06. The Hall–Kier alpha value is -1.62. The molecule has 0 fully saturated rings. The van der Waals surface area contributed by atoms with Gasteiger partial charge in [0.25, 0.3) is 0 Å². The molecule has 0 N–H and O–H groups in total. The van der Waals surface area contributed by atoms with Gasteiger partial charge in [-0.1, -0.05) is 121 Å². The highest BCUT2D eigenvalue weighted by Crippen LogP contribution is 2.21. The average molecular weight is 451 g/mol. The van der Waals surface area contributed by atoms with E-state index >= 15 is 0 Å². The number of esters is 1. The molecule has 0 spiro atoms. The minimum atomic E-state index is -2.54. The Bertz CT molecular complexity index is 717. The van der Waals surface area contributed by atoms with Crippen molar-refractivity contribution in [2.75, 3.05) is 0 Å². The van der Waals surface area contributed by atoms with E-state index in [1.165, 1.54) is 89.9 Å². The fourth-order valence-electron chi connectivity index (χ4n) is 3.88. The van der Waals surface area contributed by atoms with Crippen LogP contribution in [0.15, 0.2) is 24.3 Å². The van der Waals surface area contributed by atoms with Crippen molar-refractivity contribution in [3.8, 4) is 5.75 Å². The van der Waals surface area contributed by atoms with E-state index in [0.29, 0.717) is 11.1 Å². The maximum absolute atomic E-state index is 11.5. The number of hydrogen-bond donors (Lipinski definition) is 0. The number of carbonyl (C=O) groups excluding carboxylic acids is 1. The van der Waals surface area contributed by atoms with E-state index in [9.17, 15) is 13.2 Å². The van der Waals surface area contributed by atoms with Gasteiger partial charge in [-0.15, -0.1) is 0 Å². The van der Waals surface area contributed by atoms with E-state index < -0.39 is 16.3 Å². The monoisotopic (exact) mass is 450 g/mol. The van der Waals surface area contributed by atoms with Crippen molar-refractivity contribution < 1.29 is 17.9 Å². The summed E-state index contributed by atoms with van der Waals surface area (Å²) < 4.78 is 26.3. The van der Waals surface area contributed by atoms with Crippen LogP contribution in [-0.4, -0.2) is 19.8 Å². The largest absolute Gasteiger partial charge is 0.422 e. The summed E-state index contributed by atoms with van der Waals surface area (Å²) in [5.41, 5.74) is 0.950. The Labute approximate surface area is 191 Å². The van der Waals surface area contributed by atoms with Gasteiger partial charge in [0.1, 0.15) is 11.1 Å². The first-order chi connectivity index (χ1) is 15.1. The molecule has 0 saturated carbocycles. The van der Waals surface area contributed by atoms with Crippen molar-refractivity contribution in [1.29, 1.82) is 0 Å². The minimum absolute atomic E-state index is 0.454. The molecule has 4 nitrogen and oxygen atoms in total. The first-order valence-corrected chi connectivity index (χ1v) is 13.5. The minimum Gasteiger partial charge on any atom is -0.422 e. The highest BCUT2D eigenvalue weighted by atomic mass is 32.2. The molecule has 5 heteroatoms. The van der Waals surface area contributed by atoms with Crippen LogP contribution in [0.4, 0.5) is 0 Å². The van der Waals surface area contributed by atoms with Gasteiger partial charge in [0.05, 0.1) is 0 Å². The number of carbonyl (C=O) groups is 1. The molecule has 1 rings (SSSR count). The maximum atomic E-state index is 11.5. The lowest BCUT2D eigenvalue weighted by atomic mass is 10.0. The van der Waals surface area contributed by atoms with Crippen LogP contribution < -0.4 is 4.74 Å². The van der Waals surface area contributed by atoms with Crippen molar-refractivity contribution in [2.24, 2.45) is 0 Å². The zero-order valence-electron chi connectivity index (χ0n) is 19.4. The van der Waals surface area contributed by atoms with Crippen LogP contribution in [0.2, 0.25) is 0 Å². The second kappa shape index (κ2) is 19.1. The van der Waals surface area contributed by atoms with Gasteiger partial charge < -0.3 is 4.74 Å². The molecule has 0 heterocycles. The average Bonchev–Trinajstić information content (AvgIpc) is 2.74. The quantitative estimate of drug-likeness (QED) is 0.0978. The van der Waals surface area contributed by atoms with E-state index in [2.05, 4.69) is 6.92 Å². The number of ether oxygens (including phenoxy) is 1. The third kappa shape index (κ3) is 15.8. The Kier molecular flexibility index (Phi) is 16.9. The molecule has 0 aliphatic carbocycles. The summed E-state index contributed by atoms with van der Waals surface area (Å²) in [4.78, 5) is 11.5. The second-order valence-electron chi connectivity index (χ2n) is 8.46. The topological polar surface area (TPSA) is 60.4 Å². The third-order valence-electron chi connectivity index (χ3n) is 5.68. The Balaban J connectivity index is 2.00. The van der Waals surface area contributed by atoms with Crippen molar-refractivity contribution in [3.63, 3.8) is 0 Å². The molecule has 0 aromatic heterocycles. The number of benzene rings is 1. The maximum Gasteiger partial charge on any atom is 0.351 e. The normalized spacial score (nSPS) is 10.7. The lowest BCUT2D eigenvalue weighted by Crippen LogP contribution is -2.10. The van der Waals surface area contributed by atoms with Gasteiger partial charge in [-0.3, -0.25) is 0 Å². The number of rotatable bonds is 19. The molecular weight excluding hydrogens is 408 g/mol. The van der Waals surface area contributed by atoms with Crippen LogP contribution >= 0.6 is 0 Å².